The van der Waals surface area contributed by atoms with Crippen molar-refractivity contribution in [3.8, 4) is 22.3 Å². The molecule has 0 unspecified atom stereocenters. The fourth-order valence-corrected chi connectivity index (χ4v) is 4.11. The predicted octanol–water partition coefficient (Wildman–Crippen LogP) is 6.18. The lowest BCUT2D eigenvalue weighted by atomic mass is 9.98. The second-order valence-electron chi connectivity index (χ2n) is 7.21. The number of carbonyl (C=O) groups excluding carboxylic acids is 1. The highest BCUT2D eigenvalue weighted by molar-refractivity contribution is 5.91. The number of rotatable bonds is 4. The number of fused-ring (bicyclic) bond motifs is 3. The summed E-state index contributed by atoms with van der Waals surface area (Å²) in [5.74, 6) is -0.368. The van der Waals surface area contributed by atoms with Gasteiger partial charge in [-0.2, -0.15) is 0 Å². The molecule has 3 aromatic carbocycles. The number of aromatic amines is 1. The van der Waals surface area contributed by atoms with E-state index in [4.69, 9.17) is 4.74 Å². The molecule has 5 rings (SSSR count). The fourth-order valence-electron chi connectivity index (χ4n) is 4.11. The highest BCUT2D eigenvalue weighted by Gasteiger charge is 2.29. The number of ether oxygens (including phenoxy) is 1. The molecule has 0 radical (unpaired) electrons. The van der Waals surface area contributed by atoms with Gasteiger partial charge in [0.15, 0.2) is 0 Å². The molecule has 5 heteroatoms. The van der Waals surface area contributed by atoms with Crippen LogP contribution in [0.1, 0.15) is 17.0 Å². The van der Waals surface area contributed by atoms with Crippen molar-refractivity contribution in [2.75, 3.05) is 11.9 Å². The van der Waals surface area contributed by atoms with Gasteiger partial charge in [0.25, 0.3) is 0 Å². The van der Waals surface area contributed by atoms with E-state index < -0.39 is 6.09 Å². The van der Waals surface area contributed by atoms with Gasteiger partial charge in [0.1, 0.15) is 12.4 Å². The maximum Gasteiger partial charge on any atom is 0.411 e. The molecule has 2 N–H and O–H groups in total. The van der Waals surface area contributed by atoms with Crippen molar-refractivity contribution < 1.29 is 13.9 Å². The summed E-state index contributed by atoms with van der Waals surface area (Å²) in [5.41, 5.74) is 6.11. The number of hydrogen-bond donors (Lipinski definition) is 2. The average molecular weight is 398 g/mol. The third-order valence-electron chi connectivity index (χ3n) is 5.49. The number of H-pyrrole nitrogens is 1. The minimum absolute atomic E-state index is 0.0135. The Hall–Kier alpha value is -3.86. The molecule has 0 spiro atoms. The third-order valence-corrected chi connectivity index (χ3v) is 5.49. The lowest BCUT2D eigenvalue weighted by Crippen LogP contribution is -2.18. The van der Waals surface area contributed by atoms with Gasteiger partial charge in [0, 0.05) is 29.4 Å². The predicted molar refractivity (Wildman–Crippen MR) is 115 cm³/mol. The second kappa shape index (κ2) is 7.52. The number of carbonyl (C=O) groups is 1. The van der Waals surface area contributed by atoms with Crippen molar-refractivity contribution in [2.45, 2.75) is 5.92 Å². The molecule has 1 aliphatic rings. The Balaban J connectivity index is 1.33. The third kappa shape index (κ3) is 3.14. The molecule has 0 fully saturated rings. The van der Waals surface area contributed by atoms with Gasteiger partial charge < -0.3 is 9.72 Å². The molecule has 1 heterocycles. The first-order chi connectivity index (χ1) is 14.7. The summed E-state index contributed by atoms with van der Waals surface area (Å²) in [6.45, 7) is 0.222. The molecule has 1 aliphatic carbocycles. The van der Waals surface area contributed by atoms with E-state index in [-0.39, 0.29) is 18.3 Å². The van der Waals surface area contributed by atoms with E-state index >= 15 is 0 Å². The van der Waals surface area contributed by atoms with E-state index in [1.54, 1.807) is 30.6 Å². The molecular weight excluding hydrogens is 379 g/mol. The summed E-state index contributed by atoms with van der Waals surface area (Å²) < 4.78 is 19.7. The van der Waals surface area contributed by atoms with Gasteiger partial charge in [-0.3, -0.25) is 5.32 Å². The standard InChI is InChI=1S/C25H19FN2O2/c26-23-12-6-5-11-20(23)21-13-27-14-24(21)28-25(29)30-15-22-18-9-3-1-7-16(18)17-8-2-4-10-19(17)22/h1-14,22,27H,15H2,(H,28,29). The summed E-state index contributed by atoms with van der Waals surface area (Å²) in [6.07, 6.45) is 2.69. The normalized spacial score (nSPS) is 12.3. The summed E-state index contributed by atoms with van der Waals surface area (Å²) in [6, 6.07) is 22.8. The lowest BCUT2D eigenvalue weighted by Gasteiger charge is -2.15. The van der Waals surface area contributed by atoms with Crippen LogP contribution in [-0.4, -0.2) is 17.7 Å². The van der Waals surface area contributed by atoms with Gasteiger partial charge in [-0.1, -0.05) is 66.7 Å². The molecule has 4 aromatic rings. The molecule has 1 aromatic heterocycles. The molecular formula is C25H19FN2O2. The Morgan fingerprint density at radius 3 is 2.10 bits per heavy atom. The number of aromatic nitrogens is 1. The van der Waals surface area contributed by atoms with Gasteiger partial charge in [0.2, 0.25) is 0 Å². The van der Waals surface area contributed by atoms with Gasteiger partial charge >= 0.3 is 6.09 Å². The van der Waals surface area contributed by atoms with Crippen LogP contribution in [0.3, 0.4) is 0 Å². The van der Waals surface area contributed by atoms with Crippen LogP contribution in [0.4, 0.5) is 14.9 Å². The minimum atomic E-state index is -0.575. The van der Waals surface area contributed by atoms with E-state index in [0.29, 0.717) is 16.8 Å². The first-order valence-electron chi connectivity index (χ1n) is 9.76. The van der Waals surface area contributed by atoms with Gasteiger partial charge in [-0.05, 0) is 28.3 Å². The monoisotopic (exact) mass is 398 g/mol. The van der Waals surface area contributed by atoms with Crippen LogP contribution in [0.2, 0.25) is 0 Å². The van der Waals surface area contributed by atoms with Crippen molar-refractivity contribution in [1.82, 2.24) is 4.98 Å². The van der Waals surface area contributed by atoms with Crippen LogP contribution in [-0.2, 0) is 4.74 Å². The van der Waals surface area contributed by atoms with Crippen LogP contribution in [0.15, 0.2) is 85.2 Å². The van der Waals surface area contributed by atoms with Crippen molar-refractivity contribution in [3.63, 3.8) is 0 Å². The topological polar surface area (TPSA) is 54.1 Å². The minimum Gasteiger partial charge on any atom is -0.448 e. The van der Waals surface area contributed by atoms with Crippen molar-refractivity contribution in [1.29, 1.82) is 0 Å². The fraction of sp³-hybridized carbons (Fsp3) is 0.0800. The van der Waals surface area contributed by atoms with Gasteiger partial charge in [0.05, 0.1) is 5.69 Å². The number of benzene rings is 3. The Morgan fingerprint density at radius 2 is 1.43 bits per heavy atom. The molecule has 0 saturated carbocycles. The van der Waals surface area contributed by atoms with Crippen molar-refractivity contribution in [3.05, 3.63) is 102 Å². The summed E-state index contributed by atoms with van der Waals surface area (Å²) in [7, 11) is 0. The summed E-state index contributed by atoms with van der Waals surface area (Å²) in [5, 5.41) is 2.73. The summed E-state index contributed by atoms with van der Waals surface area (Å²) >= 11 is 0. The quantitative estimate of drug-likeness (QED) is 0.431. The maximum atomic E-state index is 14.1. The Kier molecular flexibility index (Phi) is 4.56. The molecule has 4 nitrogen and oxygen atoms in total. The van der Waals surface area contributed by atoms with E-state index in [1.165, 1.54) is 17.2 Å². The van der Waals surface area contributed by atoms with Crippen molar-refractivity contribution >= 4 is 11.8 Å². The van der Waals surface area contributed by atoms with Crippen LogP contribution in [0, 0.1) is 5.82 Å². The van der Waals surface area contributed by atoms with E-state index in [0.717, 1.165) is 11.1 Å². The van der Waals surface area contributed by atoms with Crippen LogP contribution < -0.4 is 5.32 Å². The number of hydrogen-bond acceptors (Lipinski definition) is 2. The largest absolute Gasteiger partial charge is 0.448 e. The van der Waals surface area contributed by atoms with E-state index in [2.05, 4.69) is 34.6 Å². The lowest BCUT2D eigenvalue weighted by molar-refractivity contribution is 0.158. The zero-order valence-electron chi connectivity index (χ0n) is 16.1. The zero-order chi connectivity index (χ0) is 20.5. The number of halogens is 1. The zero-order valence-corrected chi connectivity index (χ0v) is 16.1. The molecule has 148 valence electrons. The number of amides is 1. The Morgan fingerprint density at radius 1 is 0.833 bits per heavy atom. The Bertz CT molecular complexity index is 1190. The average Bonchev–Trinajstić information content (AvgIpc) is 3.35. The highest BCUT2D eigenvalue weighted by Crippen LogP contribution is 2.44. The van der Waals surface area contributed by atoms with Crippen LogP contribution >= 0.6 is 0 Å². The van der Waals surface area contributed by atoms with Gasteiger partial charge in [-0.15, -0.1) is 0 Å². The molecule has 0 bridgehead atoms. The van der Waals surface area contributed by atoms with Crippen LogP contribution in [0.5, 0.6) is 0 Å². The SMILES string of the molecule is O=C(Nc1c[nH]cc1-c1ccccc1F)OCC1c2ccccc2-c2ccccc21. The maximum absolute atomic E-state index is 14.1. The highest BCUT2D eigenvalue weighted by atomic mass is 19.1. The molecule has 1 amide bonds. The van der Waals surface area contributed by atoms with E-state index in [9.17, 15) is 9.18 Å². The van der Waals surface area contributed by atoms with Crippen LogP contribution in [0.25, 0.3) is 22.3 Å². The smallest absolute Gasteiger partial charge is 0.411 e. The van der Waals surface area contributed by atoms with Gasteiger partial charge in [-0.25, -0.2) is 9.18 Å². The molecule has 0 saturated heterocycles. The van der Waals surface area contributed by atoms with E-state index in [1.807, 2.05) is 24.3 Å². The second-order valence-corrected chi connectivity index (χ2v) is 7.21. The molecule has 0 atom stereocenters. The van der Waals surface area contributed by atoms with Crippen molar-refractivity contribution in [2.24, 2.45) is 0 Å². The molecule has 30 heavy (non-hydrogen) atoms. The Labute approximate surface area is 173 Å². The number of anilines is 1. The molecule has 0 aliphatic heterocycles. The first kappa shape index (κ1) is 18.2. The first-order valence-corrected chi connectivity index (χ1v) is 9.76. The number of nitrogens with one attached hydrogen (secondary N) is 2. The summed E-state index contributed by atoms with van der Waals surface area (Å²) in [4.78, 5) is 15.4.